The van der Waals surface area contributed by atoms with Crippen LogP contribution in [0.25, 0.3) is 28.0 Å². The van der Waals surface area contributed by atoms with Gasteiger partial charge in [-0.05, 0) is 50.3 Å². The number of benzene rings is 2. The lowest BCUT2D eigenvalue weighted by Crippen LogP contribution is -2.27. The van der Waals surface area contributed by atoms with Crippen molar-refractivity contribution >= 4 is 28.0 Å². The van der Waals surface area contributed by atoms with Gasteiger partial charge in [-0.3, -0.25) is 4.79 Å². The molecule has 0 radical (unpaired) electrons. The van der Waals surface area contributed by atoms with Gasteiger partial charge in [-0.25, -0.2) is 0 Å². The maximum atomic E-state index is 13.0. The molecule has 0 unspecified atom stereocenters. The van der Waals surface area contributed by atoms with E-state index in [2.05, 4.69) is 0 Å². The van der Waals surface area contributed by atoms with Gasteiger partial charge in [-0.15, -0.1) is 0 Å². The van der Waals surface area contributed by atoms with Crippen LogP contribution in [0.15, 0.2) is 39.6 Å². The number of ether oxygens (including phenoxy) is 3. The topological polar surface area (TPSA) is 57.9 Å². The van der Waals surface area contributed by atoms with E-state index in [0.717, 1.165) is 5.56 Å². The van der Waals surface area contributed by atoms with Crippen LogP contribution in [-0.2, 0) is 0 Å². The summed E-state index contributed by atoms with van der Waals surface area (Å²) in [6.45, 7) is 3.91. The summed E-state index contributed by atoms with van der Waals surface area (Å²) >= 11 is 0. The lowest BCUT2D eigenvalue weighted by atomic mass is 9.99. The van der Waals surface area contributed by atoms with Crippen LogP contribution < -0.4 is 19.6 Å². The van der Waals surface area contributed by atoms with Crippen molar-refractivity contribution in [1.82, 2.24) is 0 Å². The van der Waals surface area contributed by atoms with Crippen molar-refractivity contribution in [2.45, 2.75) is 19.4 Å². The van der Waals surface area contributed by atoms with Crippen LogP contribution in [0.2, 0.25) is 0 Å². The van der Waals surface area contributed by atoms with Gasteiger partial charge < -0.3 is 18.6 Å². The fourth-order valence-corrected chi connectivity index (χ4v) is 3.10. The molecule has 0 aliphatic carbocycles. The van der Waals surface area contributed by atoms with E-state index in [1.807, 2.05) is 26.0 Å². The molecule has 3 aromatic rings. The van der Waals surface area contributed by atoms with E-state index in [0.29, 0.717) is 39.2 Å². The van der Waals surface area contributed by atoms with E-state index in [9.17, 15) is 4.79 Å². The molecule has 1 aliphatic rings. The first-order valence-corrected chi connectivity index (χ1v) is 7.97. The predicted molar refractivity (Wildman–Crippen MR) is 96.8 cm³/mol. The standard InChI is InChI=1S/C20H18O5/c1-20(2)8-7-12-16(25-20)10-14-17(21)13-9-11(22-3)5-6-15(13)24-19(14)18(12)23-4/h5-10H,1-4H3. The second-order valence-corrected chi connectivity index (χ2v) is 6.53. The van der Waals surface area contributed by atoms with Crippen LogP contribution >= 0.6 is 0 Å². The minimum atomic E-state index is -0.452. The van der Waals surface area contributed by atoms with Crippen molar-refractivity contribution in [3.8, 4) is 17.2 Å². The molecule has 2 aromatic carbocycles. The van der Waals surface area contributed by atoms with Gasteiger partial charge in [0, 0.05) is 0 Å². The third-order valence-electron chi connectivity index (χ3n) is 4.35. The molecule has 0 spiro atoms. The Morgan fingerprint density at radius 2 is 1.84 bits per heavy atom. The number of hydrogen-bond acceptors (Lipinski definition) is 5. The van der Waals surface area contributed by atoms with E-state index in [-0.39, 0.29) is 5.43 Å². The smallest absolute Gasteiger partial charge is 0.200 e. The molecule has 0 amide bonds. The van der Waals surface area contributed by atoms with Crippen LogP contribution in [-0.4, -0.2) is 19.8 Å². The molecule has 1 aromatic heterocycles. The van der Waals surface area contributed by atoms with Gasteiger partial charge in [0.1, 0.15) is 22.7 Å². The molecule has 0 bridgehead atoms. The Labute approximate surface area is 144 Å². The molecule has 0 N–H and O–H groups in total. The van der Waals surface area contributed by atoms with Gasteiger partial charge in [-0.1, -0.05) is 0 Å². The van der Waals surface area contributed by atoms with E-state index in [1.165, 1.54) is 0 Å². The SMILES string of the molecule is COc1ccc2oc3c(OC)c4c(cc3c(=O)c2c1)OC(C)(C)C=C4. The van der Waals surface area contributed by atoms with E-state index >= 15 is 0 Å². The second kappa shape index (κ2) is 5.28. The van der Waals surface area contributed by atoms with Crippen molar-refractivity contribution in [3.63, 3.8) is 0 Å². The Morgan fingerprint density at radius 1 is 1.04 bits per heavy atom. The molecule has 4 rings (SSSR count). The zero-order valence-corrected chi connectivity index (χ0v) is 14.5. The van der Waals surface area contributed by atoms with Crippen molar-refractivity contribution in [1.29, 1.82) is 0 Å². The average molecular weight is 338 g/mol. The predicted octanol–water partition coefficient (Wildman–Crippen LogP) is 4.15. The summed E-state index contributed by atoms with van der Waals surface area (Å²) in [4.78, 5) is 13.0. The van der Waals surface area contributed by atoms with Gasteiger partial charge >= 0.3 is 0 Å². The Kier molecular flexibility index (Phi) is 3.29. The summed E-state index contributed by atoms with van der Waals surface area (Å²) in [5.74, 6) is 1.70. The van der Waals surface area contributed by atoms with Crippen molar-refractivity contribution in [2.75, 3.05) is 14.2 Å². The van der Waals surface area contributed by atoms with Crippen molar-refractivity contribution in [3.05, 3.63) is 46.1 Å². The monoisotopic (exact) mass is 338 g/mol. The summed E-state index contributed by atoms with van der Waals surface area (Å²) < 4.78 is 22.8. The maximum absolute atomic E-state index is 13.0. The first-order chi connectivity index (χ1) is 11.9. The summed E-state index contributed by atoms with van der Waals surface area (Å²) in [5.41, 5.74) is 1.07. The Morgan fingerprint density at radius 3 is 2.56 bits per heavy atom. The molecular formula is C20H18O5. The van der Waals surface area contributed by atoms with Gasteiger partial charge in [0.2, 0.25) is 5.43 Å². The lowest BCUT2D eigenvalue weighted by Gasteiger charge is -2.28. The van der Waals surface area contributed by atoms with Crippen LogP contribution in [0.5, 0.6) is 17.2 Å². The molecule has 0 atom stereocenters. The Bertz CT molecular complexity index is 1090. The highest BCUT2D eigenvalue weighted by molar-refractivity contribution is 5.96. The van der Waals surface area contributed by atoms with Crippen LogP contribution in [0.3, 0.4) is 0 Å². The Hall–Kier alpha value is -2.95. The fraction of sp³-hybridized carbons (Fsp3) is 0.250. The highest BCUT2D eigenvalue weighted by Gasteiger charge is 2.27. The van der Waals surface area contributed by atoms with E-state index < -0.39 is 5.60 Å². The number of hydrogen-bond donors (Lipinski definition) is 0. The largest absolute Gasteiger partial charge is 0.497 e. The molecule has 25 heavy (non-hydrogen) atoms. The third-order valence-corrected chi connectivity index (χ3v) is 4.35. The minimum absolute atomic E-state index is 0.146. The molecule has 1 aliphatic heterocycles. The summed E-state index contributed by atoms with van der Waals surface area (Å²) in [5, 5.41) is 0.877. The lowest BCUT2D eigenvalue weighted by molar-refractivity contribution is 0.158. The van der Waals surface area contributed by atoms with Crippen LogP contribution in [0, 0.1) is 0 Å². The molecule has 0 saturated heterocycles. The molecule has 2 heterocycles. The number of fused-ring (bicyclic) bond motifs is 3. The quantitative estimate of drug-likeness (QED) is 0.657. The molecule has 128 valence electrons. The normalized spacial score (nSPS) is 15.0. The zero-order valence-electron chi connectivity index (χ0n) is 14.5. The highest BCUT2D eigenvalue weighted by atomic mass is 16.5. The molecule has 5 nitrogen and oxygen atoms in total. The summed E-state index contributed by atoms with van der Waals surface area (Å²) in [6, 6.07) is 6.89. The highest BCUT2D eigenvalue weighted by Crippen LogP contribution is 2.42. The van der Waals surface area contributed by atoms with E-state index in [4.69, 9.17) is 18.6 Å². The van der Waals surface area contributed by atoms with Gasteiger partial charge in [0.15, 0.2) is 11.3 Å². The van der Waals surface area contributed by atoms with Crippen molar-refractivity contribution < 1.29 is 18.6 Å². The van der Waals surface area contributed by atoms with Gasteiger partial charge in [-0.2, -0.15) is 0 Å². The number of rotatable bonds is 2. The van der Waals surface area contributed by atoms with Crippen LogP contribution in [0.4, 0.5) is 0 Å². The second-order valence-electron chi connectivity index (χ2n) is 6.53. The molecular weight excluding hydrogens is 320 g/mol. The van der Waals surface area contributed by atoms with Gasteiger partial charge in [0.25, 0.3) is 0 Å². The summed E-state index contributed by atoms with van der Waals surface area (Å²) in [6.07, 6.45) is 3.89. The Balaban J connectivity index is 2.12. The molecule has 5 heteroatoms. The first-order valence-electron chi connectivity index (χ1n) is 7.97. The average Bonchev–Trinajstić information content (AvgIpc) is 2.59. The molecule has 0 saturated carbocycles. The van der Waals surface area contributed by atoms with Gasteiger partial charge in [0.05, 0.1) is 30.6 Å². The fourth-order valence-electron chi connectivity index (χ4n) is 3.10. The number of methoxy groups -OCH3 is 2. The third kappa shape index (κ3) is 2.35. The zero-order chi connectivity index (χ0) is 17.8. The maximum Gasteiger partial charge on any atom is 0.200 e. The minimum Gasteiger partial charge on any atom is -0.497 e. The van der Waals surface area contributed by atoms with E-state index in [1.54, 1.807) is 38.5 Å². The van der Waals surface area contributed by atoms with Crippen LogP contribution in [0.1, 0.15) is 19.4 Å². The molecule has 0 fully saturated rings. The van der Waals surface area contributed by atoms with Crippen molar-refractivity contribution in [2.24, 2.45) is 0 Å². The summed E-state index contributed by atoms with van der Waals surface area (Å²) in [7, 11) is 3.12. The first kappa shape index (κ1) is 15.6.